The van der Waals surface area contributed by atoms with Crippen molar-refractivity contribution >= 4 is 33.4 Å². The van der Waals surface area contributed by atoms with Crippen LogP contribution in [0.1, 0.15) is 115 Å². The monoisotopic (exact) mass is 564 g/mol. The summed E-state index contributed by atoms with van der Waals surface area (Å²) in [5.74, 6) is 14.4. The average Bonchev–Trinajstić information content (AvgIpc) is 3.71. The highest BCUT2D eigenvalue weighted by atomic mass is 32.1. The van der Waals surface area contributed by atoms with E-state index in [2.05, 4.69) is 96.8 Å². The lowest BCUT2D eigenvalue weighted by molar-refractivity contribution is 0.614. The zero-order valence-corrected chi connectivity index (χ0v) is 26.1. The molecule has 208 valence electrons. The molecule has 2 heteroatoms. The van der Waals surface area contributed by atoms with Crippen molar-refractivity contribution in [3.8, 4) is 44.6 Å². The summed E-state index contributed by atoms with van der Waals surface area (Å²) in [7, 11) is 0. The van der Waals surface area contributed by atoms with Crippen LogP contribution in [0.4, 0.5) is 0 Å². The second kappa shape index (κ2) is 17.1. The molecule has 0 radical (unpaired) electrons. The van der Waals surface area contributed by atoms with Gasteiger partial charge in [0.1, 0.15) is 0 Å². The van der Waals surface area contributed by atoms with Crippen LogP contribution in [0.3, 0.4) is 0 Å². The molecular weight excluding hydrogens is 521 g/mol. The van der Waals surface area contributed by atoms with Gasteiger partial charge in [0.2, 0.25) is 0 Å². The van der Waals surface area contributed by atoms with Crippen molar-refractivity contribution in [1.29, 1.82) is 0 Å². The smallest absolute Gasteiger partial charge is 0.0410 e. The van der Waals surface area contributed by atoms with Gasteiger partial charge in [0, 0.05) is 44.8 Å². The standard InChI is InChI=1S/C38H44S2/c1-3-5-7-9-11-13-15-17-21-31-33-25-28-36(38-24-20-30-40-38)32(22-18-16-14-12-10-8-6-4-2)34(33)26-27-35(31)37-23-19-29-39-37/h19-20,23-30H,3-16H2,1-2H3. The molecule has 0 aliphatic carbocycles. The van der Waals surface area contributed by atoms with Crippen molar-refractivity contribution in [1.82, 2.24) is 0 Å². The zero-order valence-electron chi connectivity index (χ0n) is 24.5. The summed E-state index contributed by atoms with van der Waals surface area (Å²) in [6.45, 7) is 4.55. The lowest BCUT2D eigenvalue weighted by atomic mass is 9.92. The van der Waals surface area contributed by atoms with Crippen molar-refractivity contribution in [2.45, 2.75) is 104 Å². The van der Waals surface area contributed by atoms with Crippen LogP contribution in [0.15, 0.2) is 59.3 Å². The minimum absolute atomic E-state index is 0.963. The summed E-state index contributed by atoms with van der Waals surface area (Å²) >= 11 is 3.58. The molecule has 0 bridgehead atoms. The topological polar surface area (TPSA) is 0 Å². The van der Waals surface area contributed by atoms with Crippen LogP contribution in [0.5, 0.6) is 0 Å². The van der Waals surface area contributed by atoms with E-state index < -0.39 is 0 Å². The SMILES string of the molecule is CCCCCCCCC#Cc1c(-c2cccs2)ccc2c(C#CCCCCCCCC)c(-c3cccs3)ccc12. The van der Waals surface area contributed by atoms with Gasteiger partial charge >= 0.3 is 0 Å². The van der Waals surface area contributed by atoms with E-state index >= 15 is 0 Å². The van der Waals surface area contributed by atoms with E-state index in [1.165, 1.54) is 109 Å². The van der Waals surface area contributed by atoms with Crippen molar-refractivity contribution in [2.75, 3.05) is 0 Å². The van der Waals surface area contributed by atoms with Crippen molar-refractivity contribution < 1.29 is 0 Å². The van der Waals surface area contributed by atoms with Crippen molar-refractivity contribution in [3.63, 3.8) is 0 Å². The minimum atomic E-state index is 0.963. The molecule has 2 aromatic heterocycles. The fourth-order valence-corrected chi connectivity index (χ4v) is 6.75. The van der Waals surface area contributed by atoms with Crippen LogP contribution in [0.25, 0.3) is 31.7 Å². The highest BCUT2D eigenvalue weighted by Crippen LogP contribution is 2.38. The Balaban J connectivity index is 1.65. The first-order valence-corrected chi connectivity index (χ1v) is 17.2. The van der Waals surface area contributed by atoms with E-state index in [0.717, 1.165) is 24.0 Å². The highest BCUT2D eigenvalue weighted by molar-refractivity contribution is 7.13. The van der Waals surface area contributed by atoms with Crippen molar-refractivity contribution in [3.05, 3.63) is 70.4 Å². The zero-order chi connectivity index (χ0) is 27.8. The van der Waals surface area contributed by atoms with Gasteiger partial charge in [-0.25, -0.2) is 0 Å². The third kappa shape index (κ3) is 8.61. The number of hydrogen-bond donors (Lipinski definition) is 0. The van der Waals surface area contributed by atoms with Gasteiger partial charge < -0.3 is 0 Å². The fourth-order valence-electron chi connectivity index (χ4n) is 5.24. The summed E-state index contributed by atoms with van der Waals surface area (Å²) in [5.41, 5.74) is 4.80. The van der Waals surface area contributed by atoms with Gasteiger partial charge in [-0.3, -0.25) is 0 Å². The maximum absolute atomic E-state index is 3.64. The Morgan fingerprint density at radius 2 is 0.925 bits per heavy atom. The summed E-state index contributed by atoms with van der Waals surface area (Å²) in [6.07, 6.45) is 17.5. The molecule has 0 amide bonds. The Morgan fingerprint density at radius 1 is 0.500 bits per heavy atom. The van der Waals surface area contributed by atoms with E-state index in [1.54, 1.807) is 22.7 Å². The van der Waals surface area contributed by atoms with Crippen LogP contribution < -0.4 is 0 Å². The molecule has 0 aliphatic heterocycles. The average molecular weight is 565 g/mol. The molecule has 0 N–H and O–H groups in total. The number of fused-ring (bicyclic) bond motifs is 1. The van der Waals surface area contributed by atoms with E-state index in [-0.39, 0.29) is 0 Å². The summed E-state index contributed by atoms with van der Waals surface area (Å²) in [5, 5.41) is 6.77. The van der Waals surface area contributed by atoms with Crippen LogP contribution in [-0.2, 0) is 0 Å². The largest absolute Gasteiger partial charge is 0.144 e. The van der Waals surface area contributed by atoms with E-state index in [4.69, 9.17) is 0 Å². The first-order valence-electron chi connectivity index (χ1n) is 15.5. The number of benzene rings is 2. The Morgan fingerprint density at radius 3 is 1.32 bits per heavy atom. The van der Waals surface area contributed by atoms with Crippen LogP contribution in [0.2, 0.25) is 0 Å². The summed E-state index contributed by atoms with van der Waals surface area (Å²) < 4.78 is 0. The lowest BCUT2D eigenvalue weighted by Gasteiger charge is -2.12. The van der Waals surface area contributed by atoms with Gasteiger partial charge in [-0.05, 0) is 46.5 Å². The normalized spacial score (nSPS) is 10.8. The molecule has 0 nitrogen and oxygen atoms in total. The predicted octanol–water partition coefficient (Wildman–Crippen LogP) is 12.5. The third-order valence-electron chi connectivity index (χ3n) is 7.51. The molecule has 0 atom stereocenters. The maximum atomic E-state index is 3.64. The molecule has 0 aliphatic rings. The second-order valence-corrected chi connectivity index (χ2v) is 12.6. The highest BCUT2D eigenvalue weighted by Gasteiger charge is 2.14. The third-order valence-corrected chi connectivity index (χ3v) is 9.32. The quantitative estimate of drug-likeness (QED) is 0.105. The Kier molecular flexibility index (Phi) is 12.9. The lowest BCUT2D eigenvalue weighted by Crippen LogP contribution is -1.91. The molecule has 2 heterocycles. The minimum Gasteiger partial charge on any atom is -0.144 e. The molecule has 4 aromatic rings. The van der Waals surface area contributed by atoms with Gasteiger partial charge in [0.25, 0.3) is 0 Å². The molecule has 0 fully saturated rings. The van der Waals surface area contributed by atoms with E-state index in [0.29, 0.717) is 0 Å². The maximum Gasteiger partial charge on any atom is 0.0410 e. The number of hydrogen-bond acceptors (Lipinski definition) is 2. The van der Waals surface area contributed by atoms with E-state index in [9.17, 15) is 0 Å². The van der Waals surface area contributed by atoms with Gasteiger partial charge in [0.15, 0.2) is 0 Å². The van der Waals surface area contributed by atoms with Crippen LogP contribution >= 0.6 is 22.7 Å². The molecule has 4 rings (SSSR count). The number of thiophene rings is 2. The van der Waals surface area contributed by atoms with Gasteiger partial charge in [-0.2, -0.15) is 0 Å². The Bertz CT molecular complexity index is 1300. The molecule has 0 unspecified atom stereocenters. The molecule has 0 saturated carbocycles. The molecular formula is C38H44S2. The van der Waals surface area contributed by atoms with Gasteiger partial charge in [0.05, 0.1) is 0 Å². The van der Waals surface area contributed by atoms with E-state index in [1.807, 2.05) is 0 Å². The number of unbranched alkanes of at least 4 members (excludes halogenated alkanes) is 12. The van der Waals surface area contributed by atoms with Gasteiger partial charge in [-0.1, -0.05) is 138 Å². The molecule has 2 aromatic carbocycles. The fraction of sp³-hybridized carbons (Fsp3) is 0.421. The molecule has 0 spiro atoms. The van der Waals surface area contributed by atoms with Crippen LogP contribution in [-0.4, -0.2) is 0 Å². The predicted molar refractivity (Wildman–Crippen MR) is 180 cm³/mol. The van der Waals surface area contributed by atoms with Crippen LogP contribution in [0, 0.1) is 23.7 Å². The van der Waals surface area contributed by atoms with Crippen molar-refractivity contribution in [2.24, 2.45) is 0 Å². The van der Waals surface area contributed by atoms with Gasteiger partial charge in [-0.15, -0.1) is 22.7 Å². The molecule has 40 heavy (non-hydrogen) atoms. The number of rotatable bonds is 14. The summed E-state index contributed by atoms with van der Waals surface area (Å²) in [4.78, 5) is 2.56. The second-order valence-electron chi connectivity index (χ2n) is 10.7. The summed E-state index contributed by atoms with van der Waals surface area (Å²) in [6, 6.07) is 17.8. The first-order chi connectivity index (χ1) is 19.8. The molecule has 0 saturated heterocycles. The Hall–Kier alpha value is -2.78. The first kappa shape index (κ1) is 30.2. The Labute approximate surface area is 251 Å².